The third-order valence-electron chi connectivity index (χ3n) is 5.06. The Morgan fingerprint density at radius 1 is 0.773 bits per heavy atom. The number of unbranched alkanes of at least 4 members (excludes halogenated alkanes) is 8. The monoisotopic (exact) mass is 309 g/mol. The molecule has 0 bridgehead atoms. The van der Waals surface area contributed by atoms with Crippen molar-refractivity contribution in [2.24, 2.45) is 11.3 Å². The lowest BCUT2D eigenvalue weighted by molar-refractivity contribution is 0.309. The third-order valence-corrected chi connectivity index (χ3v) is 5.06. The maximum Gasteiger partial charge on any atom is -0.0351 e. The van der Waals surface area contributed by atoms with E-state index in [2.05, 4.69) is 41.0 Å². The van der Waals surface area contributed by atoms with Gasteiger partial charge in [0.05, 0.1) is 0 Å². The van der Waals surface area contributed by atoms with Crippen LogP contribution in [-0.4, -0.2) is 0 Å². The van der Waals surface area contributed by atoms with Crippen LogP contribution in [0, 0.1) is 17.8 Å². The van der Waals surface area contributed by atoms with Gasteiger partial charge in [0.15, 0.2) is 0 Å². The molecule has 0 aliphatic rings. The molecule has 0 aliphatic carbocycles. The van der Waals surface area contributed by atoms with Crippen LogP contribution in [0.3, 0.4) is 0 Å². The Kier molecular flexibility index (Phi) is 14.6. The van der Waals surface area contributed by atoms with Gasteiger partial charge in [0.1, 0.15) is 0 Å². The molecule has 0 heteroatoms. The molecular formula is C22H45. The Balaban J connectivity index is 3.47. The van der Waals surface area contributed by atoms with Gasteiger partial charge in [-0.15, -0.1) is 0 Å². The minimum Gasteiger partial charge on any atom is -0.0654 e. The average Bonchev–Trinajstić information content (AvgIpc) is 2.47. The summed E-state index contributed by atoms with van der Waals surface area (Å²) < 4.78 is 0. The first kappa shape index (κ1) is 22.0. The normalized spacial score (nSPS) is 13.5. The van der Waals surface area contributed by atoms with Crippen molar-refractivity contribution < 1.29 is 0 Å². The summed E-state index contributed by atoms with van der Waals surface area (Å²) in [6.07, 6.45) is 22.2. The van der Waals surface area contributed by atoms with E-state index in [1.165, 1.54) is 89.9 Å². The molecule has 0 aromatic carbocycles. The maximum atomic E-state index is 2.57. The van der Waals surface area contributed by atoms with E-state index < -0.39 is 0 Å². The van der Waals surface area contributed by atoms with E-state index >= 15 is 0 Å². The summed E-state index contributed by atoms with van der Waals surface area (Å²) in [5.41, 5.74) is 0.527. The zero-order chi connectivity index (χ0) is 16.7. The first-order chi connectivity index (χ1) is 10.5. The van der Waals surface area contributed by atoms with Crippen LogP contribution in [0.15, 0.2) is 0 Å². The van der Waals surface area contributed by atoms with E-state index in [1.54, 1.807) is 0 Å². The van der Waals surface area contributed by atoms with E-state index in [0.717, 1.165) is 5.92 Å². The SMILES string of the molecule is CCCCCCCC(C)(C)C[CH]CCCC(C)CCCCC. The molecular weight excluding hydrogens is 264 g/mol. The summed E-state index contributed by atoms with van der Waals surface area (Å²) in [7, 11) is 0. The summed E-state index contributed by atoms with van der Waals surface area (Å²) in [6.45, 7) is 11.9. The van der Waals surface area contributed by atoms with Crippen molar-refractivity contribution in [2.75, 3.05) is 0 Å². The van der Waals surface area contributed by atoms with Gasteiger partial charge in [0, 0.05) is 0 Å². The molecule has 0 aromatic heterocycles. The lowest BCUT2D eigenvalue weighted by Crippen LogP contribution is -2.11. The molecule has 0 amide bonds. The topological polar surface area (TPSA) is 0 Å². The Labute approximate surface area is 142 Å². The van der Waals surface area contributed by atoms with Crippen molar-refractivity contribution in [1.82, 2.24) is 0 Å². The molecule has 0 aromatic rings. The highest BCUT2D eigenvalue weighted by atomic mass is 14.2. The zero-order valence-electron chi connectivity index (χ0n) is 16.6. The molecule has 0 aliphatic heterocycles. The standard InChI is InChI=1S/C22H45/c1-6-8-10-11-15-19-22(4,5)20-16-12-14-18-21(3)17-13-9-7-2/h16,21H,6-15,17-20H2,1-5H3. The van der Waals surface area contributed by atoms with Gasteiger partial charge in [-0.25, -0.2) is 0 Å². The highest BCUT2D eigenvalue weighted by Crippen LogP contribution is 2.30. The average molecular weight is 310 g/mol. The highest BCUT2D eigenvalue weighted by Gasteiger charge is 2.16. The lowest BCUT2D eigenvalue weighted by atomic mass is 9.81. The van der Waals surface area contributed by atoms with Gasteiger partial charge in [-0.1, -0.05) is 112 Å². The van der Waals surface area contributed by atoms with Gasteiger partial charge < -0.3 is 0 Å². The predicted molar refractivity (Wildman–Crippen MR) is 103 cm³/mol. The summed E-state index contributed by atoms with van der Waals surface area (Å²) >= 11 is 0. The van der Waals surface area contributed by atoms with Crippen molar-refractivity contribution in [2.45, 2.75) is 125 Å². The van der Waals surface area contributed by atoms with Gasteiger partial charge in [-0.2, -0.15) is 0 Å². The van der Waals surface area contributed by atoms with Gasteiger partial charge in [0.2, 0.25) is 0 Å². The van der Waals surface area contributed by atoms with E-state index in [0.29, 0.717) is 5.41 Å². The quantitative estimate of drug-likeness (QED) is 0.251. The lowest BCUT2D eigenvalue weighted by Gasteiger charge is -2.24. The Morgan fingerprint density at radius 3 is 2.05 bits per heavy atom. The molecule has 1 unspecified atom stereocenters. The molecule has 0 fully saturated rings. The van der Waals surface area contributed by atoms with Crippen LogP contribution >= 0.6 is 0 Å². The van der Waals surface area contributed by atoms with Crippen molar-refractivity contribution in [3.8, 4) is 0 Å². The summed E-state index contributed by atoms with van der Waals surface area (Å²) in [4.78, 5) is 0. The zero-order valence-corrected chi connectivity index (χ0v) is 16.6. The molecule has 1 radical (unpaired) electrons. The predicted octanol–water partition coefficient (Wildman–Crippen LogP) is 8.35. The van der Waals surface area contributed by atoms with E-state index in [1.807, 2.05) is 0 Å². The van der Waals surface area contributed by atoms with Crippen LogP contribution in [-0.2, 0) is 0 Å². The van der Waals surface area contributed by atoms with Crippen molar-refractivity contribution in [3.05, 3.63) is 6.42 Å². The molecule has 0 saturated carbocycles. The largest absolute Gasteiger partial charge is 0.0654 e. The maximum absolute atomic E-state index is 2.57. The molecule has 133 valence electrons. The highest BCUT2D eigenvalue weighted by molar-refractivity contribution is 4.78. The van der Waals surface area contributed by atoms with Gasteiger partial charge in [-0.05, 0) is 30.6 Å². The van der Waals surface area contributed by atoms with Gasteiger partial charge in [-0.3, -0.25) is 0 Å². The molecule has 0 spiro atoms. The second kappa shape index (κ2) is 14.6. The van der Waals surface area contributed by atoms with Crippen LogP contribution in [0.1, 0.15) is 125 Å². The number of rotatable bonds is 16. The smallest absolute Gasteiger partial charge is 0.0351 e. The molecule has 0 heterocycles. The minimum absolute atomic E-state index is 0.527. The third kappa shape index (κ3) is 14.9. The van der Waals surface area contributed by atoms with Gasteiger partial charge in [0.25, 0.3) is 0 Å². The Hall–Kier alpha value is 0. The van der Waals surface area contributed by atoms with E-state index in [4.69, 9.17) is 0 Å². The fourth-order valence-electron chi connectivity index (χ4n) is 3.30. The van der Waals surface area contributed by atoms with Crippen LogP contribution in [0.2, 0.25) is 0 Å². The molecule has 0 saturated heterocycles. The molecule has 0 nitrogen and oxygen atoms in total. The van der Waals surface area contributed by atoms with Crippen LogP contribution < -0.4 is 0 Å². The first-order valence-corrected chi connectivity index (χ1v) is 10.3. The fraction of sp³-hybridized carbons (Fsp3) is 0.955. The van der Waals surface area contributed by atoms with Crippen molar-refractivity contribution in [3.63, 3.8) is 0 Å². The van der Waals surface area contributed by atoms with Crippen LogP contribution in [0.4, 0.5) is 0 Å². The second-order valence-electron chi connectivity index (χ2n) is 8.35. The minimum atomic E-state index is 0.527. The number of hydrogen-bond donors (Lipinski definition) is 0. The van der Waals surface area contributed by atoms with Crippen molar-refractivity contribution >= 4 is 0 Å². The first-order valence-electron chi connectivity index (χ1n) is 10.3. The molecule has 0 N–H and O–H groups in total. The summed E-state index contributed by atoms with van der Waals surface area (Å²) in [5.74, 6) is 0.937. The fourth-order valence-corrected chi connectivity index (χ4v) is 3.30. The molecule has 0 rings (SSSR count). The Bertz CT molecular complexity index is 216. The summed E-state index contributed by atoms with van der Waals surface area (Å²) in [5, 5.41) is 0. The molecule has 1 atom stereocenters. The molecule has 22 heavy (non-hydrogen) atoms. The van der Waals surface area contributed by atoms with Crippen LogP contribution in [0.5, 0.6) is 0 Å². The van der Waals surface area contributed by atoms with Crippen LogP contribution in [0.25, 0.3) is 0 Å². The van der Waals surface area contributed by atoms with Crippen molar-refractivity contribution in [1.29, 1.82) is 0 Å². The number of hydrogen-bond acceptors (Lipinski definition) is 0. The van der Waals surface area contributed by atoms with Gasteiger partial charge >= 0.3 is 0 Å². The Morgan fingerprint density at radius 2 is 1.36 bits per heavy atom. The van der Waals surface area contributed by atoms with E-state index in [9.17, 15) is 0 Å². The summed E-state index contributed by atoms with van der Waals surface area (Å²) in [6, 6.07) is 0. The van der Waals surface area contributed by atoms with E-state index in [-0.39, 0.29) is 0 Å². The second-order valence-corrected chi connectivity index (χ2v) is 8.35.